The van der Waals surface area contributed by atoms with Gasteiger partial charge in [0.15, 0.2) is 0 Å². The SMILES string of the molecule is CC(NC(=O)NNC(=O)c1ccc(F)cc1)c1cc2ccccc2o1. The van der Waals surface area contributed by atoms with E-state index in [0.29, 0.717) is 5.76 Å². The number of hydrogen-bond acceptors (Lipinski definition) is 3. The second-order valence-corrected chi connectivity index (χ2v) is 5.47. The largest absolute Gasteiger partial charge is 0.459 e. The van der Waals surface area contributed by atoms with E-state index in [-0.39, 0.29) is 5.56 Å². The first kappa shape index (κ1) is 16.5. The van der Waals surface area contributed by atoms with Crippen LogP contribution in [-0.2, 0) is 0 Å². The minimum atomic E-state index is -0.594. The van der Waals surface area contributed by atoms with Crippen molar-refractivity contribution in [2.24, 2.45) is 0 Å². The smallest absolute Gasteiger partial charge is 0.334 e. The molecular formula is C18H16FN3O3. The molecule has 0 bridgehead atoms. The van der Waals surface area contributed by atoms with Gasteiger partial charge in [-0.15, -0.1) is 0 Å². The molecule has 3 amide bonds. The zero-order valence-corrected chi connectivity index (χ0v) is 13.4. The Morgan fingerprint density at radius 3 is 2.48 bits per heavy atom. The van der Waals surface area contributed by atoms with Gasteiger partial charge in [0.1, 0.15) is 17.2 Å². The molecule has 0 aliphatic carbocycles. The zero-order chi connectivity index (χ0) is 17.8. The second-order valence-electron chi connectivity index (χ2n) is 5.47. The van der Waals surface area contributed by atoms with E-state index < -0.39 is 23.8 Å². The Balaban J connectivity index is 1.54. The molecule has 3 rings (SSSR count). The number of benzene rings is 2. The van der Waals surface area contributed by atoms with E-state index in [9.17, 15) is 14.0 Å². The fraction of sp³-hybridized carbons (Fsp3) is 0.111. The monoisotopic (exact) mass is 341 g/mol. The summed E-state index contributed by atoms with van der Waals surface area (Å²) in [6, 6.07) is 13.4. The fourth-order valence-corrected chi connectivity index (χ4v) is 2.31. The van der Waals surface area contributed by atoms with E-state index in [4.69, 9.17) is 4.42 Å². The first-order chi connectivity index (χ1) is 12.0. The summed E-state index contributed by atoms with van der Waals surface area (Å²) < 4.78 is 18.5. The number of nitrogens with one attached hydrogen (secondary N) is 3. The summed E-state index contributed by atoms with van der Waals surface area (Å²) in [6.07, 6.45) is 0. The van der Waals surface area contributed by atoms with E-state index in [1.165, 1.54) is 24.3 Å². The lowest BCUT2D eigenvalue weighted by Crippen LogP contribution is -2.47. The summed E-state index contributed by atoms with van der Waals surface area (Å²) in [5.74, 6) is -0.394. The molecule has 1 atom stereocenters. The van der Waals surface area contributed by atoms with E-state index >= 15 is 0 Å². The van der Waals surface area contributed by atoms with Crippen LogP contribution in [0.4, 0.5) is 9.18 Å². The minimum Gasteiger partial charge on any atom is -0.459 e. The van der Waals surface area contributed by atoms with Crippen LogP contribution in [0.2, 0.25) is 0 Å². The quantitative estimate of drug-likeness (QED) is 0.639. The van der Waals surface area contributed by atoms with Gasteiger partial charge in [0.2, 0.25) is 0 Å². The van der Waals surface area contributed by atoms with Crippen molar-refractivity contribution in [2.75, 3.05) is 0 Å². The second kappa shape index (κ2) is 7.04. The summed E-state index contributed by atoms with van der Waals surface area (Å²) in [5, 5.41) is 3.60. The molecule has 0 fully saturated rings. The third kappa shape index (κ3) is 3.95. The van der Waals surface area contributed by atoms with Gasteiger partial charge in [-0.1, -0.05) is 18.2 Å². The number of furan rings is 1. The van der Waals surface area contributed by atoms with Gasteiger partial charge in [-0.2, -0.15) is 0 Å². The van der Waals surface area contributed by atoms with Crippen LogP contribution in [0.1, 0.15) is 29.1 Å². The standard InChI is InChI=1S/C18H16FN3O3/c1-11(16-10-13-4-2-3-5-15(13)25-16)20-18(24)22-21-17(23)12-6-8-14(19)9-7-12/h2-11H,1H3,(H,21,23)(H2,20,22,24). The summed E-state index contributed by atoms with van der Waals surface area (Å²) in [5.41, 5.74) is 5.45. The highest BCUT2D eigenvalue weighted by atomic mass is 19.1. The molecule has 2 aromatic carbocycles. The topological polar surface area (TPSA) is 83.4 Å². The maximum Gasteiger partial charge on any atom is 0.334 e. The zero-order valence-electron chi connectivity index (χ0n) is 13.4. The van der Waals surface area contributed by atoms with Gasteiger partial charge in [0.25, 0.3) is 5.91 Å². The Bertz CT molecular complexity index is 872. The lowest BCUT2D eigenvalue weighted by molar-refractivity contribution is 0.0936. The molecule has 1 heterocycles. The normalized spacial score (nSPS) is 11.8. The summed E-state index contributed by atoms with van der Waals surface area (Å²) in [6.45, 7) is 1.76. The van der Waals surface area contributed by atoms with Crippen LogP contribution in [-0.4, -0.2) is 11.9 Å². The number of carbonyl (C=O) groups excluding carboxylic acids is 2. The number of para-hydroxylation sites is 1. The molecule has 1 aromatic heterocycles. The average molecular weight is 341 g/mol. The van der Waals surface area contributed by atoms with Crippen molar-refractivity contribution in [3.05, 3.63) is 71.7 Å². The molecule has 0 aliphatic rings. The third-order valence-corrected chi connectivity index (χ3v) is 3.61. The number of amides is 3. The highest BCUT2D eigenvalue weighted by molar-refractivity contribution is 5.95. The maximum absolute atomic E-state index is 12.8. The molecular weight excluding hydrogens is 325 g/mol. The lowest BCUT2D eigenvalue weighted by atomic mass is 10.2. The Hall–Kier alpha value is -3.35. The van der Waals surface area contributed by atoms with Crippen molar-refractivity contribution in [1.82, 2.24) is 16.2 Å². The van der Waals surface area contributed by atoms with Gasteiger partial charge in [-0.3, -0.25) is 10.2 Å². The number of hydrazine groups is 1. The van der Waals surface area contributed by atoms with Crippen molar-refractivity contribution < 1.29 is 18.4 Å². The Morgan fingerprint density at radius 2 is 1.76 bits per heavy atom. The first-order valence-corrected chi connectivity index (χ1v) is 7.64. The van der Waals surface area contributed by atoms with Crippen LogP contribution < -0.4 is 16.2 Å². The predicted molar refractivity (Wildman–Crippen MR) is 90.2 cm³/mol. The number of urea groups is 1. The van der Waals surface area contributed by atoms with Crippen molar-refractivity contribution >= 4 is 22.9 Å². The molecule has 6 nitrogen and oxygen atoms in total. The minimum absolute atomic E-state index is 0.229. The third-order valence-electron chi connectivity index (χ3n) is 3.61. The molecule has 3 N–H and O–H groups in total. The lowest BCUT2D eigenvalue weighted by Gasteiger charge is -2.13. The molecule has 0 saturated heterocycles. The summed E-state index contributed by atoms with van der Waals surface area (Å²) >= 11 is 0. The van der Waals surface area contributed by atoms with Gasteiger partial charge in [0, 0.05) is 10.9 Å². The number of rotatable bonds is 3. The van der Waals surface area contributed by atoms with Crippen LogP contribution in [0.25, 0.3) is 11.0 Å². The van der Waals surface area contributed by atoms with Gasteiger partial charge in [-0.25, -0.2) is 14.6 Å². The number of fused-ring (bicyclic) bond motifs is 1. The number of hydrogen-bond donors (Lipinski definition) is 3. The van der Waals surface area contributed by atoms with Crippen molar-refractivity contribution in [3.8, 4) is 0 Å². The molecule has 0 aliphatic heterocycles. The molecule has 3 aromatic rings. The summed E-state index contributed by atoms with van der Waals surface area (Å²) in [7, 11) is 0. The van der Waals surface area contributed by atoms with E-state index in [1.807, 2.05) is 30.3 Å². The van der Waals surface area contributed by atoms with E-state index in [0.717, 1.165) is 11.0 Å². The Labute approximate surface area is 143 Å². The van der Waals surface area contributed by atoms with Crippen LogP contribution in [0.5, 0.6) is 0 Å². The number of halogens is 1. The van der Waals surface area contributed by atoms with E-state index in [2.05, 4.69) is 16.2 Å². The predicted octanol–water partition coefficient (Wildman–Crippen LogP) is 3.28. The Kier molecular flexibility index (Phi) is 4.65. The Morgan fingerprint density at radius 1 is 1.04 bits per heavy atom. The number of carbonyl (C=O) groups is 2. The summed E-state index contributed by atoms with van der Waals surface area (Å²) in [4.78, 5) is 23.7. The van der Waals surface area contributed by atoms with Crippen molar-refractivity contribution in [1.29, 1.82) is 0 Å². The van der Waals surface area contributed by atoms with Crippen LogP contribution in [0.15, 0.2) is 59.0 Å². The molecule has 1 unspecified atom stereocenters. The molecule has 25 heavy (non-hydrogen) atoms. The van der Waals surface area contributed by atoms with E-state index in [1.54, 1.807) is 6.92 Å². The van der Waals surface area contributed by atoms with Gasteiger partial charge in [0.05, 0.1) is 6.04 Å². The molecule has 0 saturated carbocycles. The first-order valence-electron chi connectivity index (χ1n) is 7.64. The van der Waals surface area contributed by atoms with Crippen LogP contribution in [0, 0.1) is 5.82 Å². The average Bonchev–Trinajstić information content (AvgIpc) is 3.04. The molecule has 128 valence electrons. The van der Waals surface area contributed by atoms with Gasteiger partial charge < -0.3 is 9.73 Å². The van der Waals surface area contributed by atoms with Gasteiger partial charge in [-0.05, 0) is 43.3 Å². The molecule has 0 radical (unpaired) electrons. The van der Waals surface area contributed by atoms with Gasteiger partial charge >= 0.3 is 6.03 Å². The van der Waals surface area contributed by atoms with Crippen LogP contribution >= 0.6 is 0 Å². The van der Waals surface area contributed by atoms with Crippen molar-refractivity contribution in [3.63, 3.8) is 0 Å². The van der Waals surface area contributed by atoms with Crippen LogP contribution in [0.3, 0.4) is 0 Å². The molecule has 0 spiro atoms. The maximum atomic E-state index is 12.8. The highest BCUT2D eigenvalue weighted by Crippen LogP contribution is 2.23. The highest BCUT2D eigenvalue weighted by Gasteiger charge is 2.14. The van der Waals surface area contributed by atoms with Crippen molar-refractivity contribution in [2.45, 2.75) is 13.0 Å². The molecule has 7 heteroatoms. The fourth-order valence-electron chi connectivity index (χ4n) is 2.31.